The number of benzene rings is 1. The van der Waals surface area contributed by atoms with Gasteiger partial charge in [0.2, 0.25) is 0 Å². The lowest BCUT2D eigenvalue weighted by Crippen LogP contribution is -1.95. The zero-order chi connectivity index (χ0) is 11.0. The van der Waals surface area contributed by atoms with E-state index in [0.29, 0.717) is 5.92 Å². The topological polar surface area (TPSA) is 28.7 Å². The molecule has 2 heteroatoms. The number of hydrogen-bond donors (Lipinski definition) is 1. The van der Waals surface area contributed by atoms with Crippen molar-refractivity contribution in [1.29, 1.82) is 0 Å². The van der Waals surface area contributed by atoms with Crippen LogP contribution in [-0.2, 0) is 6.42 Å². The maximum absolute atomic E-state index is 4.64. The molecule has 0 fully saturated rings. The van der Waals surface area contributed by atoms with Crippen molar-refractivity contribution in [2.75, 3.05) is 0 Å². The Balaban J connectivity index is 2.50. The van der Waals surface area contributed by atoms with E-state index in [0.717, 1.165) is 17.8 Å². The Hall–Kier alpha value is -1.31. The van der Waals surface area contributed by atoms with E-state index in [-0.39, 0.29) is 0 Å². The number of imidazole rings is 1. The van der Waals surface area contributed by atoms with E-state index < -0.39 is 0 Å². The zero-order valence-electron chi connectivity index (χ0n) is 9.89. The number of hydrogen-bond acceptors (Lipinski definition) is 1. The molecule has 1 N–H and O–H groups in total. The first kappa shape index (κ1) is 10.2. The van der Waals surface area contributed by atoms with Gasteiger partial charge in [-0.15, -0.1) is 0 Å². The Bertz CT molecular complexity index is 480. The molecule has 0 spiro atoms. The van der Waals surface area contributed by atoms with Crippen molar-refractivity contribution < 1.29 is 0 Å². The van der Waals surface area contributed by atoms with Gasteiger partial charge in [-0.3, -0.25) is 0 Å². The summed E-state index contributed by atoms with van der Waals surface area (Å²) in [7, 11) is 0. The molecule has 0 aliphatic carbocycles. The molecule has 1 aromatic heterocycles. The normalized spacial score (nSPS) is 11.5. The van der Waals surface area contributed by atoms with Gasteiger partial charge in [-0.1, -0.05) is 19.9 Å². The quantitative estimate of drug-likeness (QED) is 0.794. The summed E-state index contributed by atoms with van der Waals surface area (Å²) in [6.07, 6.45) is 1.02. The van der Waals surface area contributed by atoms with Crippen LogP contribution < -0.4 is 0 Å². The molecular formula is C13H18N2. The van der Waals surface area contributed by atoms with Crippen LogP contribution in [0.2, 0.25) is 0 Å². The Kier molecular flexibility index (Phi) is 2.51. The second kappa shape index (κ2) is 3.69. The van der Waals surface area contributed by atoms with Crippen molar-refractivity contribution in [3.05, 3.63) is 29.1 Å². The highest BCUT2D eigenvalue weighted by atomic mass is 14.9. The molecule has 15 heavy (non-hydrogen) atoms. The van der Waals surface area contributed by atoms with Gasteiger partial charge in [-0.25, -0.2) is 4.98 Å². The van der Waals surface area contributed by atoms with Gasteiger partial charge in [0.15, 0.2) is 0 Å². The fourth-order valence-electron chi connectivity index (χ4n) is 2.01. The lowest BCUT2D eigenvalue weighted by molar-refractivity contribution is 0.627. The summed E-state index contributed by atoms with van der Waals surface area (Å²) in [5.74, 6) is 1.75. The predicted octanol–water partition coefficient (Wildman–Crippen LogP) is 3.38. The van der Waals surface area contributed by atoms with E-state index in [9.17, 15) is 0 Å². The number of nitrogens with zero attached hydrogens (tertiary/aromatic N) is 1. The molecule has 0 aliphatic rings. The van der Waals surface area contributed by atoms with Gasteiger partial charge in [-0.05, 0) is 37.0 Å². The monoisotopic (exact) mass is 202 g/mol. The summed E-state index contributed by atoms with van der Waals surface area (Å²) in [4.78, 5) is 8.04. The summed E-state index contributed by atoms with van der Waals surface area (Å²) in [6.45, 7) is 8.67. The number of nitrogens with one attached hydrogen (secondary N) is 1. The summed E-state index contributed by atoms with van der Waals surface area (Å²) in [6, 6.07) is 4.35. The van der Waals surface area contributed by atoms with E-state index >= 15 is 0 Å². The van der Waals surface area contributed by atoms with Crippen LogP contribution in [0.15, 0.2) is 12.1 Å². The molecule has 0 bridgehead atoms. The summed E-state index contributed by atoms with van der Waals surface area (Å²) >= 11 is 0. The maximum Gasteiger partial charge on any atom is 0.107 e. The first-order valence-electron chi connectivity index (χ1n) is 5.52. The van der Waals surface area contributed by atoms with Crippen LogP contribution in [0.5, 0.6) is 0 Å². The highest BCUT2D eigenvalue weighted by Gasteiger charge is 2.07. The number of rotatable bonds is 2. The van der Waals surface area contributed by atoms with Crippen LogP contribution in [0.25, 0.3) is 11.0 Å². The van der Waals surface area contributed by atoms with Gasteiger partial charge in [0.1, 0.15) is 5.82 Å². The lowest BCUT2D eigenvalue weighted by atomic mass is 10.1. The average Bonchev–Trinajstić information content (AvgIpc) is 2.45. The molecule has 0 saturated carbocycles. The average molecular weight is 202 g/mol. The van der Waals surface area contributed by atoms with Crippen LogP contribution in [0.1, 0.15) is 30.8 Å². The molecule has 0 saturated heterocycles. The molecule has 0 unspecified atom stereocenters. The SMILES string of the molecule is Cc1cc(C)c2nc(CC(C)C)[nH]c2c1. The molecule has 80 valence electrons. The molecule has 1 heterocycles. The number of aromatic nitrogens is 2. The second-order valence-corrected chi connectivity index (χ2v) is 4.76. The van der Waals surface area contributed by atoms with Crippen molar-refractivity contribution >= 4 is 11.0 Å². The van der Waals surface area contributed by atoms with Gasteiger partial charge in [0, 0.05) is 6.42 Å². The number of fused-ring (bicyclic) bond motifs is 1. The van der Waals surface area contributed by atoms with Gasteiger partial charge in [-0.2, -0.15) is 0 Å². The molecule has 0 aliphatic heterocycles. The first-order valence-corrected chi connectivity index (χ1v) is 5.52. The smallest absolute Gasteiger partial charge is 0.107 e. The van der Waals surface area contributed by atoms with Gasteiger partial charge in [0.05, 0.1) is 11.0 Å². The van der Waals surface area contributed by atoms with E-state index in [1.807, 2.05) is 0 Å². The Labute approximate surface area is 90.7 Å². The van der Waals surface area contributed by atoms with Crippen LogP contribution in [-0.4, -0.2) is 9.97 Å². The van der Waals surface area contributed by atoms with E-state index in [1.165, 1.54) is 16.6 Å². The van der Waals surface area contributed by atoms with Crippen LogP contribution in [0.4, 0.5) is 0 Å². The Morgan fingerprint density at radius 2 is 2.00 bits per heavy atom. The molecule has 1 aromatic carbocycles. The number of H-pyrrole nitrogens is 1. The van der Waals surface area contributed by atoms with Gasteiger partial charge in [0.25, 0.3) is 0 Å². The van der Waals surface area contributed by atoms with Crippen molar-refractivity contribution in [2.45, 2.75) is 34.1 Å². The second-order valence-electron chi connectivity index (χ2n) is 4.76. The Morgan fingerprint density at radius 1 is 1.27 bits per heavy atom. The standard InChI is InChI=1S/C13H18N2/c1-8(2)5-12-14-11-7-9(3)6-10(4)13(11)15-12/h6-8H,5H2,1-4H3,(H,14,15). The van der Waals surface area contributed by atoms with Crippen LogP contribution >= 0.6 is 0 Å². The van der Waals surface area contributed by atoms with Crippen molar-refractivity contribution in [1.82, 2.24) is 9.97 Å². The minimum atomic E-state index is 0.645. The molecule has 2 rings (SSSR count). The third kappa shape index (κ3) is 2.04. The Morgan fingerprint density at radius 3 is 2.67 bits per heavy atom. The molecular weight excluding hydrogens is 184 g/mol. The molecule has 0 atom stereocenters. The van der Waals surface area contributed by atoms with Crippen molar-refractivity contribution in [3.8, 4) is 0 Å². The van der Waals surface area contributed by atoms with E-state index in [1.54, 1.807) is 0 Å². The largest absolute Gasteiger partial charge is 0.342 e. The highest BCUT2D eigenvalue weighted by molar-refractivity contribution is 5.79. The van der Waals surface area contributed by atoms with Crippen LogP contribution in [0, 0.1) is 19.8 Å². The molecule has 2 aromatic rings. The first-order chi connectivity index (χ1) is 7.06. The fourth-order valence-corrected chi connectivity index (χ4v) is 2.01. The minimum Gasteiger partial charge on any atom is -0.342 e. The number of aryl methyl sites for hydroxylation is 2. The highest BCUT2D eigenvalue weighted by Crippen LogP contribution is 2.19. The molecule has 0 amide bonds. The van der Waals surface area contributed by atoms with Gasteiger partial charge >= 0.3 is 0 Å². The minimum absolute atomic E-state index is 0.645. The van der Waals surface area contributed by atoms with Crippen molar-refractivity contribution in [3.63, 3.8) is 0 Å². The predicted molar refractivity (Wildman–Crippen MR) is 64.1 cm³/mol. The molecule has 2 nitrogen and oxygen atoms in total. The van der Waals surface area contributed by atoms with Gasteiger partial charge < -0.3 is 4.98 Å². The zero-order valence-corrected chi connectivity index (χ0v) is 9.89. The third-order valence-corrected chi connectivity index (χ3v) is 2.57. The summed E-state index contributed by atoms with van der Waals surface area (Å²) in [5, 5.41) is 0. The maximum atomic E-state index is 4.64. The third-order valence-electron chi connectivity index (χ3n) is 2.57. The fraction of sp³-hybridized carbons (Fsp3) is 0.462. The van der Waals surface area contributed by atoms with Crippen LogP contribution in [0.3, 0.4) is 0 Å². The van der Waals surface area contributed by atoms with Crippen molar-refractivity contribution in [2.24, 2.45) is 5.92 Å². The number of aromatic amines is 1. The summed E-state index contributed by atoms with van der Waals surface area (Å²) in [5.41, 5.74) is 4.84. The van der Waals surface area contributed by atoms with E-state index in [2.05, 4.69) is 49.8 Å². The van der Waals surface area contributed by atoms with E-state index in [4.69, 9.17) is 0 Å². The molecule has 0 radical (unpaired) electrons. The summed E-state index contributed by atoms with van der Waals surface area (Å²) < 4.78 is 0. The lowest BCUT2D eigenvalue weighted by Gasteiger charge is -1.98.